The number of carbonyl (C=O) groups excluding carboxylic acids is 2. The SMILES string of the molecule is Cc1ncc2c(c1-c1noc(-c3ccccc3)n1)CCN(C(=O)[C@H]1CCC(=O)N1)C2. The van der Waals surface area contributed by atoms with Crippen molar-refractivity contribution in [1.29, 1.82) is 0 Å². The monoisotopic (exact) mass is 403 g/mol. The van der Waals surface area contributed by atoms with Crippen molar-refractivity contribution in [1.82, 2.24) is 25.3 Å². The molecular weight excluding hydrogens is 382 g/mol. The molecule has 8 heteroatoms. The number of fused-ring (bicyclic) bond motifs is 1. The summed E-state index contributed by atoms with van der Waals surface area (Å²) < 4.78 is 5.49. The highest BCUT2D eigenvalue weighted by Gasteiger charge is 2.33. The van der Waals surface area contributed by atoms with Crippen molar-refractivity contribution in [2.75, 3.05) is 6.54 Å². The normalized spacial score (nSPS) is 18.2. The molecule has 3 aromatic rings. The van der Waals surface area contributed by atoms with Crippen molar-refractivity contribution in [3.05, 3.63) is 53.3 Å². The van der Waals surface area contributed by atoms with E-state index in [0.29, 0.717) is 44.1 Å². The molecule has 2 aliphatic rings. The Kier molecular flexibility index (Phi) is 4.54. The summed E-state index contributed by atoms with van der Waals surface area (Å²) in [5, 5.41) is 6.96. The van der Waals surface area contributed by atoms with Gasteiger partial charge >= 0.3 is 0 Å². The van der Waals surface area contributed by atoms with Crippen LogP contribution in [0.25, 0.3) is 22.8 Å². The summed E-state index contributed by atoms with van der Waals surface area (Å²) in [6.07, 6.45) is 3.46. The molecule has 2 amide bonds. The van der Waals surface area contributed by atoms with Crippen LogP contribution in [0.1, 0.15) is 29.7 Å². The lowest BCUT2D eigenvalue weighted by Gasteiger charge is -2.31. The Morgan fingerprint density at radius 1 is 1.23 bits per heavy atom. The Hall–Kier alpha value is -3.55. The maximum absolute atomic E-state index is 12.8. The van der Waals surface area contributed by atoms with Gasteiger partial charge in [-0.25, -0.2) is 0 Å². The quantitative estimate of drug-likeness (QED) is 0.720. The number of amides is 2. The van der Waals surface area contributed by atoms with E-state index in [-0.39, 0.29) is 11.8 Å². The Balaban J connectivity index is 1.44. The second kappa shape index (κ2) is 7.37. The molecule has 2 aliphatic heterocycles. The Morgan fingerprint density at radius 3 is 2.83 bits per heavy atom. The molecule has 30 heavy (non-hydrogen) atoms. The summed E-state index contributed by atoms with van der Waals surface area (Å²) in [6.45, 7) is 2.97. The summed E-state index contributed by atoms with van der Waals surface area (Å²) in [7, 11) is 0. The minimum absolute atomic E-state index is 0.0282. The fourth-order valence-corrected chi connectivity index (χ4v) is 4.18. The molecule has 1 fully saturated rings. The van der Waals surface area contributed by atoms with E-state index in [9.17, 15) is 9.59 Å². The fourth-order valence-electron chi connectivity index (χ4n) is 4.18. The van der Waals surface area contributed by atoms with Gasteiger partial charge in [0, 0.05) is 42.5 Å². The van der Waals surface area contributed by atoms with Crippen molar-refractivity contribution < 1.29 is 14.1 Å². The Morgan fingerprint density at radius 2 is 2.07 bits per heavy atom. The average molecular weight is 403 g/mol. The van der Waals surface area contributed by atoms with E-state index in [0.717, 1.165) is 27.9 Å². The predicted molar refractivity (Wildman–Crippen MR) is 108 cm³/mol. The molecule has 0 aliphatic carbocycles. The lowest BCUT2D eigenvalue weighted by molar-refractivity contribution is -0.135. The summed E-state index contributed by atoms with van der Waals surface area (Å²) in [6, 6.07) is 9.22. The van der Waals surface area contributed by atoms with Gasteiger partial charge in [0.05, 0.1) is 0 Å². The van der Waals surface area contributed by atoms with Crippen LogP contribution in [0.15, 0.2) is 41.1 Å². The number of aryl methyl sites for hydroxylation is 1. The van der Waals surface area contributed by atoms with E-state index in [1.165, 1.54) is 0 Å². The predicted octanol–water partition coefficient (Wildman–Crippen LogP) is 2.27. The lowest BCUT2D eigenvalue weighted by atomic mass is 9.94. The lowest BCUT2D eigenvalue weighted by Crippen LogP contribution is -2.46. The number of carbonyl (C=O) groups is 2. The van der Waals surface area contributed by atoms with Gasteiger partial charge in [0.2, 0.25) is 17.6 Å². The summed E-state index contributed by atoms with van der Waals surface area (Å²) in [4.78, 5) is 35.2. The van der Waals surface area contributed by atoms with E-state index < -0.39 is 6.04 Å². The number of pyridine rings is 1. The number of aromatic nitrogens is 3. The third-order valence-corrected chi connectivity index (χ3v) is 5.73. The third-order valence-electron chi connectivity index (χ3n) is 5.73. The molecule has 0 saturated carbocycles. The molecule has 0 radical (unpaired) electrons. The van der Waals surface area contributed by atoms with Crippen molar-refractivity contribution in [3.63, 3.8) is 0 Å². The highest BCUT2D eigenvalue weighted by Crippen LogP contribution is 2.32. The van der Waals surface area contributed by atoms with Crippen molar-refractivity contribution >= 4 is 11.8 Å². The number of nitrogens with one attached hydrogen (secondary N) is 1. The highest BCUT2D eigenvalue weighted by molar-refractivity contribution is 5.91. The summed E-state index contributed by atoms with van der Waals surface area (Å²) >= 11 is 0. The van der Waals surface area contributed by atoms with Gasteiger partial charge in [0.15, 0.2) is 0 Å². The smallest absolute Gasteiger partial charge is 0.258 e. The minimum Gasteiger partial charge on any atom is -0.344 e. The zero-order valence-electron chi connectivity index (χ0n) is 16.6. The Labute approximate surface area is 173 Å². The second-order valence-corrected chi connectivity index (χ2v) is 7.68. The van der Waals surface area contributed by atoms with E-state index in [2.05, 4.69) is 20.4 Å². The molecular formula is C22H21N5O3. The van der Waals surface area contributed by atoms with Gasteiger partial charge < -0.3 is 14.7 Å². The number of benzene rings is 1. The van der Waals surface area contributed by atoms with E-state index in [1.807, 2.05) is 43.5 Å². The molecule has 1 N–H and O–H groups in total. The van der Waals surface area contributed by atoms with Crippen LogP contribution in [0, 0.1) is 6.92 Å². The average Bonchev–Trinajstić information content (AvgIpc) is 3.43. The van der Waals surface area contributed by atoms with E-state index >= 15 is 0 Å². The van der Waals surface area contributed by atoms with E-state index in [4.69, 9.17) is 4.52 Å². The Bertz CT molecular complexity index is 1130. The molecule has 0 unspecified atom stereocenters. The van der Waals surface area contributed by atoms with Gasteiger partial charge in [0.25, 0.3) is 5.89 Å². The first-order chi connectivity index (χ1) is 14.6. The maximum Gasteiger partial charge on any atom is 0.258 e. The highest BCUT2D eigenvalue weighted by atomic mass is 16.5. The van der Waals surface area contributed by atoms with Crippen molar-refractivity contribution in [3.8, 4) is 22.8 Å². The van der Waals surface area contributed by atoms with Crippen LogP contribution in [-0.4, -0.2) is 44.4 Å². The van der Waals surface area contributed by atoms with Gasteiger partial charge in [-0.3, -0.25) is 14.6 Å². The van der Waals surface area contributed by atoms with Crippen LogP contribution < -0.4 is 5.32 Å². The molecule has 0 spiro atoms. The van der Waals surface area contributed by atoms with Crippen LogP contribution >= 0.6 is 0 Å². The summed E-state index contributed by atoms with van der Waals surface area (Å²) in [5.74, 6) is 0.891. The fraction of sp³-hybridized carbons (Fsp3) is 0.318. The molecule has 5 rings (SSSR count). The number of hydrogen-bond acceptors (Lipinski definition) is 6. The number of hydrogen-bond donors (Lipinski definition) is 1. The largest absolute Gasteiger partial charge is 0.344 e. The van der Waals surface area contributed by atoms with Crippen molar-refractivity contribution in [2.24, 2.45) is 0 Å². The first-order valence-corrected chi connectivity index (χ1v) is 10.0. The molecule has 2 aromatic heterocycles. The molecule has 1 atom stereocenters. The van der Waals surface area contributed by atoms with Gasteiger partial charge in [-0.2, -0.15) is 4.98 Å². The maximum atomic E-state index is 12.8. The standard InChI is InChI=1S/C22H21N5O3/c1-13-19(20-25-21(30-26-20)14-5-3-2-4-6-14)16-9-10-27(12-15(16)11-23-13)22(29)17-7-8-18(28)24-17/h2-6,11,17H,7-10,12H2,1H3,(H,24,28)/t17-/m1/s1. The number of rotatable bonds is 3. The van der Waals surface area contributed by atoms with Crippen LogP contribution in [0.3, 0.4) is 0 Å². The number of nitrogens with zero attached hydrogens (tertiary/aromatic N) is 4. The molecule has 1 aromatic carbocycles. The molecule has 152 valence electrons. The minimum atomic E-state index is -0.414. The zero-order chi connectivity index (χ0) is 20.7. The molecule has 8 nitrogen and oxygen atoms in total. The van der Waals surface area contributed by atoms with Crippen molar-refractivity contribution in [2.45, 2.75) is 38.8 Å². The molecule has 0 bridgehead atoms. The first kappa shape index (κ1) is 18.5. The first-order valence-electron chi connectivity index (χ1n) is 10.0. The van der Waals surface area contributed by atoms with Crippen LogP contribution in [0.2, 0.25) is 0 Å². The molecule has 1 saturated heterocycles. The summed E-state index contributed by atoms with van der Waals surface area (Å²) in [5.41, 5.74) is 4.65. The van der Waals surface area contributed by atoms with Crippen LogP contribution in [0.4, 0.5) is 0 Å². The third kappa shape index (κ3) is 3.24. The molecule has 4 heterocycles. The van der Waals surface area contributed by atoms with E-state index in [1.54, 1.807) is 4.90 Å². The van der Waals surface area contributed by atoms with Crippen LogP contribution in [0.5, 0.6) is 0 Å². The van der Waals surface area contributed by atoms with Gasteiger partial charge in [-0.05, 0) is 43.0 Å². The zero-order valence-corrected chi connectivity index (χ0v) is 16.6. The van der Waals surface area contributed by atoms with Gasteiger partial charge in [0.1, 0.15) is 6.04 Å². The van der Waals surface area contributed by atoms with Gasteiger partial charge in [-0.1, -0.05) is 23.4 Å². The second-order valence-electron chi connectivity index (χ2n) is 7.68. The van der Waals surface area contributed by atoms with Gasteiger partial charge in [-0.15, -0.1) is 0 Å². The topological polar surface area (TPSA) is 101 Å². The van der Waals surface area contributed by atoms with Crippen LogP contribution in [-0.2, 0) is 22.6 Å².